The first kappa shape index (κ1) is 20.6. The predicted molar refractivity (Wildman–Crippen MR) is 105 cm³/mol. The molecule has 2 amide bonds. The maximum atomic E-state index is 12.2. The molecule has 0 heterocycles. The van der Waals surface area contributed by atoms with Crippen molar-refractivity contribution in [1.29, 1.82) is 0 Å². The number of benzene rings is 2. The van der Waals surface area contributed by atoms with Gasteiger partial charge in [-0.05, 0) is 48.2 Å². The Labute approximate surface area is 159 Å². The summed E-state index contributed by atoms with van der Waals surface area (Å²) in [5.41, 5.74) is 9.29. The molecule has 0 aliphatic heterocycles. The van der Waals surface area contributed by atoms with Crippen molar-refractivity contribution in [2.75, 3.05) is 19.6 Å². The zero-order chi connectivity index (χ0) is 19.6. The van der Waals surface area contributed by atoms with Gasteiger partial charge in [0.1, 0.15) is 0 Å². The summed E-state index contributed by atoms with van der Waals surface area (Å²) in [4.78, 5) is 23.8. The van der Waals surface area contributed by atoms with Crippen molar-refractivity contribution < 1.29 is 14.8 Å². The first-order valence-electron chi connectivity index (χ1n) is 9.22. The lowest BCUT2D eigenvalue weighted by Crippen LogP contribution is -2.36. The lowest BCUT2D eigenvalue weighted by molar-refractivity contribution is -0.164. The zero-order valence-electron chi connectivity index (χ0n) is 15.6. The number of carbonyl (C=O) groups excluding carboxylic acids is 2. The van der Waals surface area contributed by atoms with Crippen molar-refractivity contribution in [3.63, 3.8) is 0 Å². The number of amides is 2. The molecular formula is C21H27N3O3. The van der Waals surface area contributed by atoms with Gasteiger partial charge in [0.15, 0.2) is 0 Å². The van der Waals surface area contributed by atoms with E-state index in [0.717, 1.165) is 17.5 Å². The monoisotopic (exact) mass is 369 g/mol. The SMILES string of the molecule is CCc1ccc(-c2ccc(C(=O)NCCN(O)C(=O)CCCN)cc2)cc1. The summed E-state index contributed by atoms with van der Waals surface area (Å²) < 4.78 is 0. The minimum atomic E-state index is -0.395. The Morgan fingerprint density at radius 2 is 1.63 bits per heavy atom. The number of hydrogen-bond donors (Lipinski definition) is 3. The van der Waals surface area contributed by atoms with Crippen LogP contribution in [0.25, 0.3) is 11.1 Å². The summed E-state index contributed by atoms with van der Waals surface area (Å²) in [6, 6.07) is 15.7. The molecule has 27 heavy (non-hydrogen) atoms. The number of aryl methyl sites for hydroxylation is 1. The van der Waals surface area contributed by atoms with E-state index in [2.05, 4.69) is 36.5 Å². The Balaban J connectivity index is 1.85. The summed E-state index contributed by atoms with van der Waals surface area (Å²) >= 11 is 0. The van der Waals surface area contributed by atoms with Crippen molar-refractivity contribution in [3.8, 4) is 11.1 Å². The Morgan fingerprint density at radius 3 is 2.19 bits per heavy atom. The summed E-state index contributed by atoms with van der Waals surface area (Å²) in [5, 5.41) is 12.9. The average molecular weight is 369 g/mol. The van der Waals surface area contributed by atoms with Crippen molar-refractivity contribution in [3.05, 3.63) is 59.7 Å². The molecule has 6 heteroatoms. The molecule has 0 saturated carbocycles. The zero-order valence-corrected chi connectivity index (χ0v) is 15.6. The van der Waals surface area contributed by atoms with Gasteiger partial charge in [-0.15, -0.1) is 0 Å². The van der Waals surface area contributed by atoms with Crippen LogP contribution in [0.3, 0.4) is 0 Å². The van der Waals surface area contributed by atoms with Gasteiger partial charge in [0.05, 0.1) is 6.54 Å². The highest BCUT2D eigenvalue weighted by Crippen LogP contribution is 2.20. The lowest BCUT2D eigenvalue weighted by Gasteiger charge is -2.15. The quantitative estimate of drug-likeness (QED) is 0.468. The van der Waals surface area contributed by atoms with Crippen LogP contribution in [0.5, 0.6) is 0 Å². The number of rotatable bonds is 9. The van der Waals surface area contributed by atoms with E-state index in [1.54, 1.807) is 12.1 Å². The lowest BCUT2D eigenvalue weighted by atomic mass is 10.0. The van der Waals surface area contributed by atoms with Crippen LogP contribution in [0.2, 0.25) is 0 Å². The summed E-state index contributed by atoms with van der Waals surface area (Å²) in [5.74, 6) is -0.640. The predicted octanol–water partition coefficient (Wildman–Crippen LogP) is 2.60. The van der Waals surface area contributed by atoms with Crippen LogP contribution < -0.4 is 11.1 Å². The minimum absolute atomic E-state index is 0.0387. The second-order valence-electron chi connectivity index (χ2n) is 6.29. The van der Waals surface area contributed by atoms with Gasteiger partial charge in [-0.25, -0.2) is 5.06 Å². The third kappa shape index (κ3) is 6.20. The third-order valence-corrected chi connectivity index (χ3v) is 4.33. The highest BCUT2D eigenvalue weighted by Gasteiger charge is 2.11. The molecule has 144 valence electrons. The van der Waals surface area contributed by atoms with Crippen LogP contribution in [-0.2, 0) is 11.2 Å². The summed E-state index contributed by atoms with van der Waals surface area (Å²) in [7, 11) is 0. The number of hydroxylamine groups is 2. The van der Waals surface area contributed by atoms with Gasteiger partial charge in [-0.1, -0.05) is 43.3 Å². The van der Waals surface area contributed by atoms with E-state index in [4.69, 9.17) is 5.73 Å². The topological polar surface area (TPSA) is 95.7 Å². The maximum Gasteiger partial charge on any atom is 0.251 e. The molecule has 0 fully saturated rings. The first-order chi connectivity index (χ1) is 13.0. The molecular weight excluding hydrogens is 342 g/mol. The largest absolute Gasteiger partial charge is 0.350 e. The minimum Gasteiger partial charge on any atom is -0.350 e. The van der Waals surface area contributed by atoms with E-state index < -0.39 is 5.91 Å². The Bertz CT molecular complexity index is 742. The molecule has 2 aromatic rings. The van der Waals surface area contributed by atoms with E-state index in [1.807, 2.05) is 12.1 Å². The molecule has 0 aliphatic rings. The van der Waals surface area contributed by atoms with Crippen molar-refractivity contribution in [1.82, 2.24) is 10.4 Å². The van der Waals surface area contributed by atoms with Crippen LogP contribution in [0.15, 0.2) is 48.5 Å². The molecule has 0 unspecified atom stereocenters. The van der Waals surface area contributed by atoms with Gasteiger partial charge in [0.25, 0.3) is 5.91 Å². The molecule has 0 radical (unpaired) electrons. The fourth-order valence-electron chi connectivity index (χ4n) is 2.63. The number of carbonyl (C=O) groups is 2. The summed E-state index contributed by atoms with van der Waals surface area (Å²) in [6.07, 6.45) is 1.72. The van der Waals surface area contributed by atoms with Gasteiger partial charge in [0, 0.05) is 18.5 Å². The number of nitrogens with one attached hydrogen (secondary N) is 1. The standard InChI is InChI=1S/C21H27N3O3/c1-2-16-5-7-17(8-6-16)18-9-11-19(12-10-18)21(26)23-14-15-24(27)20(25)4-3-13-22/h5-12,27H,2-4,13-15,22H2,1H3,(H,23,26). The van der Waals surface area contributed by atoms with Gasteiger partial charge in [-0.3, -0.25) is 14.8 Å². The molecule has 0 spiro atoms. The van der Waals surface area contributed by atoms with E-state index in [9.17, 15) is 14.8 Å². The van der Waals surface area contributed by atoms with Crippen molar-refractivity contribution in [2.45, 2.75) is 26.2 Å². The first-order valence-corrected chi connectivity index (χ1v) is 9.22. The molecule has 6 nitrogen and oxygen atoms in total. The molecule has 0 atom stereocenters. The van der Waals surface area contributed by atoms with Crippen LogP contribution in [0.1, 0.15) is 35.7 Å². The molecule has 2 aromatic carbocycles. The fourth-order valence-corrected chi connectivity index (χ4v) is 2.63. The Hall–Kier alpha value is -2.70. The second-order valence-corrected chi connectivity index (χ2v) is 6.29. The molecule has 2 rings (SSSR count). The van der Waals surface area contributed by atoms with E-state index in [-0.39, 0.29) is 25.4 Å². The van der Waals surface area contributed by atoms with Crippen LogP contribution in [0.4, 0.5) is 0 Å². The van der Waals surface area contributed by atoms with E-state index in [1.165, 1.54) is 5.56 Å². The van der Waals surface area contributed by atoms with Gasteiger partial charge >= 0.3 is 0 Å². The van der Waals surface area contributed by atoms with Gasteiger partial charge in [-0.2, -0.15) is 0 Å². The average Bonchev–Trinajstić information content (AvgIpc) is 2.72. The number of nitrogens with zero attached hydrogens (tertiary/aromatic N) is 1. The highest BCUT2D eigenvalue weighted by atomic mass is 16.5. The smallest absolute Gasteiger partial charge is 0.251 e. The molecule has 4 N–H and O–H groups in total. The van der Waals surface area contributed by atoms with Gasteiger partial charge in [0.2, 0.25) is 5.91 Å². The van der Waals surface area contributed by atoms with E-state index in [0.29, 0.717) is 23.6 Å². The van der Waals surface area contributed by atoms with E-state index >= 15 is 0 Å². The number of hydrogen-bond acceptors (Lipinski definition) is 4. The summed E-state index contributed by atoms with van der Waals surface area (Å²) in [6.45, 7) is 2.73. The number of nitrogens with two attached hydrogens (primary N) is 1. The van der Waals surface area contributed by atoms with Crippen LogP contribution >= 0.6 is 0 Å². The Morgan fingerprint density at radius 1 is 1.04 bits per heavy atom. The second kappa shape index (κ2) is 10.4. The highest BCUT2D eigenvalue weighted by molar-refractivity contribution is 5.94. The fraction of sp³-hybridized carbons (Fsp3) is 0.333. The maximum absolute atomic E-state index is 12.2. The molecule has 0 aromatic heterocycles. The van der Waals surface area contributed by atoms with Crippen LogP contribution in [0, 0.1) is 0 Å². The third-order valence-electron chi connectivity index (χ3n) is 4.33. The molecule has 0 bridgehead atoms. The van der Waals surface area contributed by atoms with Gasteiger partial charge < -0.3 is 11.1 Å². The van der Waals surface area contributed by atoms with Crippen molar-refractivity contribution >= 4 is 11.8 Å². The Kier molecular flexibility index (Phi) is 7.98. The molecule has 0 saturated heterocycles. The van der Waals surface area contributed by atoms with Crippen molar-refractivity contribution in [2.24, 2.45) is 5.73 Å². The van der Waals surface area contributed by atoms with Crippen LogP contribution in [-0.4, -0.2) is 41.7 Å². The molecule has 0 aliphatic carbocycles. The normalized spacial score (nSPS) is 10.5.